The highest BCUT2D eigenvalue weighted by Gasteiger charge is 2.31. The Morgan fingerprint density at radius 1 is 0.522 bits per heavy atom. The second-order valence-electron chi connectivity index (χ2n) is 13.0. The largest absolute Gasteiger partial charge is 0.492 e. The number of hydrogen-bond acceptors (Lipinski definition) is 6. The maximum absolute atomic E-state index is 6.03. The number of aryl methyl sites for hydroxylation is 4. The molecule has 6 heteroatoms. The van der Waals surface area contributed by atoms with E-state index in [0.29, 0.717) is 36.8 Å². The molecular formula is C40H34N2O4. The van der Waals surface area contributed by atoms with E-state index < -0.39 is 0 Å². The number of rotatable bonds is 0. The SMILES string of the molecule is Cc1nc2c(o1)c1c(c3ccc4c(C)cccc4c32)OC[C@@H]1C.Cc1nc2c(o1)c1c(c3ccc4c(C)cccc4c32)OC[C@@H]1C. The summed E-state index contributed by atoms with van der Waals surface area (Å²) < 4.78 is 24.0. The van der Waals surface area contributed by atoms with Gasteiger partial charge >= 0.3 is 0 Å². The monoisotopic (exact) mass is 606 g/mol. The zero-order valence-corrected chi connectivity index (χ0v) is 26.9. The van der Waals surface area contributed by atoms with Crippen LogP contribution in [0.5, 0.6) is 11.5 Å². The topological polar surface area (TPSA) is 70.5 Å². The number of hydrogen-bond donors (Lipinski definition) is 0. The lowest BCUT2D eigenvalue weighted by Crippen LogP contribution is -1.93. The molecule has 0 aliphatic carbocycles. The van der Waals surface area contributed by atoms with Crippen LogP contribution in [0.15, 0.2) is 69.5 Å². The van der Waals surface area contributed by atoms with Gasteiger partial charge in [0.2, 0.25) is 0 Å². The van der Waals surface area contributed by atoms with Crippen molar-refractivity contribution in [3.8, 4) is 11.5 Å². The van der Waals surface area contributed by atoms with Gasteiger partial charge in [-0.2, -0.15) is 0 Å². The van der Waals surface area contributed by atoms with Gasteiger partial charge in [-0.25, -0.2) is 9.97 Å². The molecule has 6 aromatic carbocycles. The molecule has 2 aliphatic rings. The second kappa shape index (κ2) is 9.70. The van der Waals surface area contributed by atoms with Crippen molar-refractivity contribution in [2.24, 2.45) is 0 Å². The van der Waals surface area contributed by atoms with Gasteiger partial charge in [-0.05, 0) is 58.7 Å². The molecule has 0 saturated heterocycles. The van der Waals surface area contributed by atoms with E-state index in [9.17, 15) is 0 Å². The Hall–Kier alpha value is -5.10. The first kappa shape index (κ1) is 27.2. The third-order valence-corrected chi connectivity index (χ3v) is 9.91. The van der Waals surface area contributed by atoms with Crippen LogP contribution in [0.1, 0.15) is 59.7 Å². The molecule has 0 unspecified atom stereocenters. The number of fused-ring (bicyclic) bond motifs is 16. The average Bonchev–Trinajstić information content (AvgIpc) is 3.82. The molecule has 2 aromatic heterocycles. The molecule has 2 aliphatic heterocycles. The van der Waals surface area contributed by atoms with Gasteiger partial charge in [-0.3, -0.25) is 0 Å². The molecule has 0 amide bonds. The van der Waals surface area contributed by atoms with Crippen molar-refractivity contribution in [3.05, 3.63) is 94.7 Å². The van der Waals surface area contributed by atoms with E-state index in [4.69, 9.17) is 28.3 Å². The van der Waals surface area contributed by atoms with Crippen molar-refractivity contribution in [2.45, 2.75) is 53.4 Å². The molecule has 4 heterocycles. The van der Waals surface area contributed by atoms with Crippen molar-refractivity contribution in [3.63, 3.8) is 0 Å². The molecule has 228 valence electrons. The number of nitrogens with zero attached hydrogens (tertiary/aromatic N) is 2. The standard InChI is InChI=1S/2C20H17NO2/c2*1-10-5-4-6-14-13(10)7-8-15-17(14)18-20(23-12(3)21-18)16-11(2)9-22-19(15)16/h2*4-8,11H,9H2,1-3H3/t2*11-/m00/s1. The summed E-state index contributed by atoms with van der Waals surface area (Å²) >= 11 is 0. The van der Waals surface area contributed by atoms with E-state index in [1.807, 2.05) is 13.8 Å². The Morgan fingerprint density at radius 2 is 0.935 bits per heavy atom. The normalized spacial score (nSPS) is 17.1. The van der Waals surface area contributed by atoms with E-state index in [-0.39, 0.29) is 0 Å². The Labute approximate surface area is 265 Å². The average molecular weight is 607 g/mol. The Morgan fingerprint density at radius 3 is 1.37 bits per heavy atom. The summed E-state index contributed by atoms with van der Waals surface area (Å²) in [4.78, 5) is 9.42. The zero-order valence-electron chi connectivity index (χ0n) is 26.9. The minimum atomic E-state index is 0.331. The molecule has 0 bridgehead atoms. The second-order valence-corrected chi connectivity index (χ2v) is 13.0. The van der Waals surface area contributed by atoms with Gasteiger partial charge in [0.1, 0.15) is 22.5 Å². The highest BCUT2D eigenvalue weighted by atomic mass is 16.5. The number of aromatic nitrogens is 2. The van der Waals surface area contributed by atoms with E-state index >= 15 is 0 Å². The molecule has 0 saturated carbocycles. The van der Waals surface area contributed by atoms with Crippen molar-refractivity contribution >= 4 is 65.3 Å². The van der Waals surface area contributed by atoms with E-state index in [1.165, 1.54) is 43.8 Å². The molecule has 46 heavy (non-hydrogen) atoms. The summed E-state index contributed by atoms with van der Waals surface area (Å²) in [5.74, 6) is 4.02. The van der Waals surface area contributed by atoms with E-state index in [2.05, 4.69) is 88.4 Å². The minimum Gasteiger partial charge on any atom is -0.492 e. The van der Waals surface area contributed by atoms with Crippen LogP contribution in [0.4, 0.5) is 0 Å². The fourth-order valence-corrected chi connectivity index (χ4v) is 7.76. The maximum atomic E-state index is 6.03. The molecule has 8 aromatic rings. The third-order valence-electron chi connectivity index (χ3n) is 9.91. The van der Waals surface area contributed by atoms with Gasteiger partial charge in [0.05, 0.1) is 13.2 Å². The van der Waals surface area contributed by atoms with Crippen LogP contribution >= 0.6 is 0 Å². The van der Waals surface area contributed by atoms with Crippen LogP contribution in [0.3, 0.4) is 0 Å². The minimum absolute atomic E-state index is 0.331. The first-order valence-electron chi connectivity index (χ1n) is 16.1. The molecule has 0 radical (unpaired) electrons. The summed E-state index contributed by atoms with van der Waals surface area (Å²) in [5, 5.41) is 9.52. The van der Waals surface area contributed by atoms with Gasteiger partial charge in [0.15, 0.2) is 22.9 Å². The van der Waals surface area contributed by atoms with Gasteiger partial charge in [-0.1, -0.05) is 62.4 Å². The molecule has 0 spiro atoms. The highest BCUT2D eigenvalue weighted by molar-refractivity contribution is 6.22. The lowest BCUT2D eigenvalue weighted by atomic mass is 9.93. The van der Waals surface area contributed by atoms with Crippen LogP contribution < -0.4 is 9.47 Å². The summed E-state index contributed by atoms with van der Waals surface area (Å²) in [6.07, 6.45) is 0. The first-order valence-corrected chi connectivity index (χ1v) is 16.1. The summed E-state index contributed by atoms with van der Waals surface area (Å²) in [6, 6.07) is 21.6. The van der Waals surface area contributed by atoms with E-state index in [1.54, 1.807) is 0 Å². The van der Waals surface area contributed by atoms with Crippen LogP contribution in [0.2, 0.25) is 0 Å². The summed E-state index contributed by atoms with van der Waals surface area (Å²) in [5.41, 5.74) is 8.59. The predicted molar refractivity (Wildman–Crippen MR) is 185 cm³/mol. The van der Waals surface area contributed by atoms with Crippen molar-refractivity contribution in [1.29, 1.82) is 0 Å². The molecule has 6 nitrogen and oxygen atoms in total. The van der Waals surface area contributed by atoms with Gasteiger partial charge < -0.3 is 18.3 Å². The van der Waals surface area contributed by atoms with Crippen molar-refractivity contribution < 1.29 is 18.3 Å². The molecule has 0 fully saturated rings. The Balaban J connectivity index is 0.000000127. The maximum Gasteiger partial charge on any atom is 0.192 e. The molecule has 2 atom stereocenters. The van der Waals surface area contributed by atoms with Crippen LogP contribution in [0.25, 0.3) is 65.3 Å². The molecular weight excluding hydrogens is 572 g/mol. The predicted octanol–water partition coefficient (Wildman–Crippen LogP) is 10.5. The Kier molecular flexibility index (Phi) is 5.74. The number of oxazole rings is 2. The van der Waals surface area contributed by atoms with Gasteiger partial charge in [0.25, 0.3) is 0 Å². The quantitative estimate of drug-likeness (QED) is 0.160. The fraction of sp³-hybridized carbons (Fsp3) is 0.250. The van der Waals surface area contributed by atoms with Gasteiger partial charge in [-0.15, -0.1) is 0 Å². The van der Waals surface area contributed by atoms with Crippen LogP contribution in [0, 0.1) is 27.7 Å². The van der Waals surface area contributed by atoms with Crippen LogP contribution in [-0.4, -0.2) is 23.2 Å². The number of benzene rings is 6. The lowest BCUT2D eigenvalue weighted by Gasteiger charge is -2.11. The molecule has 10 rings (SSSR count). The zero-order chi connectivity index (χ0) is 31.4. The van der Waals surface area contributed by atoms with Crippen LogP contribution in [-0.2, 0) is 0 Å². The smallest absolute Gasteiger partial charge is 0.192 e. The van der Waals surface area contributed by atoms with Crippen molar-refractivity contribution in [1.82, 2.24) is 9.97 Å². The highest BCUT2D eigenvalue weighted by Crippen LogP contribution is 2.49. The van der Waals surface area contributed by atoms with Crippen molar-refractivity contribution in [2.75, 3.05) is 13.2 Å². The first-order chi connectivity index (χ1) is 22.3. The van der Waals surface area contributed by atoms with E-state index in [0.717, 1.165) is 55.2 Å². The lowest BCUT2D eigenvalue weighted by molar-refractivity contribution is 0.340. The van der Waals surface area contributed by atoms with Gasteiger partial charge in [0, 0.05) is 58.4 Å². The summed E-state index contributed by atoms with van der Waals surface area (Å²) in [6.45, 7) is 13.9. The third kappa shape index (κ3) is 3.70. The fourth-order valence-electron chi connectivity index (χ4n) is 7.76. The molecule has 0 N–H and O–H groups in total. The number of ether oxygens (including phenoxy) is 2. The summed E-state index contributed by atoms with van der Waals surface area (Å²) in [7, 11) is 0. The Bertz CT molecular complexity index is 2390.